The van der Waals surface area contributed by atoms with E-state index in [1.807, 2.05) is 14.1 Å². The van der Waals surface area contributed by atoms with Crippen molar-refractivity contribution in [1.82, 2.24) is 4.81 Å². The van der Waals surface area contributed by atoms with E-state index in [4.69, 9.17) is 11.5 Å². The zero-order chi connectivity index (χ0) is 8.53. The molecule has 0 atom stereocenters. The van der Waals surface area contributed by atoms with Crippen molar-refractivity contribution in [2.24, 2.45) is 0 Å². The predicted molar refractivity (Wildman–Crippen MR) is 53.0 cm³/mol. The first kappa shape index (κ1) is 11.3. The van der Waals surface area contributed by atoms with Crippen LogP contribution in [0.5, 0.6) is 0 Å². The SMILES string of the molecule is C1CCCCC1.CN(C)[B]Cl. The average Bonchev–Trinajstić information content (AvgIpc) is 2.09. The molecule has 1 radical (unpaired) electrons. The lowest BCUT2D eigenvalue weighted by Crippen LogP contribution is -2.10. The van der Waals surface area contributed by atoms with Gasteiger partial charge < -0.3 is 4.81 Å². The van der Waals surface area contributed by atoms with Gasteiger partial charge in [0.15, 0.2) is 0 Å². The van der Waals surface area contributed by atoms with Gasteiger partial charge in [-0.3, -0.25) is 0 Å². The average molecular weight is 175 g/mol. The summed E-state index contributed by atoms with van der Waals surface area (Å²) in [4.78, 5) is 1.77. The maximum atomic E-state index is 5.14. The van der Waals surface area contributed by atoms with Crippen LogP contribution in [0.3, 0.4) is 0 Å². The van der Waals surface area contributed by atoms with Crippen LogP contribution < -0.4 is 0 Å². The van der Waals surface area contributed by atoms with Crippen molar-refractivity contribution < 1.29 is 0 Å². The summed E-state index contributed by atoms with van der Waals surface area (Å²) < 4.78 is 0. The highest BCUT2D eigenvalue weighted by atomic mass is 35.5. The highest BCUT2D eigenvalue weighted by molar-refractivity contribution is 6.91. The van der Waals surface area contributed by atoms with Crippen LogP contribution in [0, 0.1) is 0 Å². The van der Waals surface area contributed by atoms with Crippen LogP contribution in [0.4, 0.5) is 0 Å². The molecule has 1 nitrogen and oxygen atoms in total. The van der Waals surface area contributed by atoms with Gasteiger partial charge in [-0.2, -0.15) is 11.5 Å². The third kappa shape index (κ3) is 10.3. The highest BCUT2D eigenvalue weighted by Gasteiger charge is 1.95. The maximum Gasteiger partial charge on any atom is 0.334 e. The molecule has 0 bridgehead atoms. The largest absolute Gasteiger partial charge is 0.338 e. The Morgan fingerprint density at radius 2 is 1.09 bits per heavy atom. The van der Waals surface area contributed by atoms with Crippen molar-refractivity contribution in [3.63, 3.8) is 0 Å². The molecule has 1 aliphatic carbocycles. The van der Waals surface area contributed by atoms with Gasteiger partial charge in [0.2, 0.25) is 0 Å². The molecule has 11 heavy (non-hydrogen) atoms. The summed E-state index contributed by atoms with van der Waals surface area (Å²) >= 11 is 5.14. The van der Waals surface area contributed by atoms with Crippen LogP contribution >= 0.6 is 11.5 Å². The number of nitrogens with zero attached hydrogens (tertiary/aromatic N) is 1. The van der Waals surface area contributed by atoms with E-state index in [2.05, 4.69) is 0 Å². The number of halogens is 1. The molecule has 1 aliphatic rings. The summed E-state index contributed by atoms with van der Waals surface area (Å²) in [6, 6.07) is 0. The van der Waals surface area contributed by atoms with Gasteiger partial charge in [0.05, 0.1) is 0 Å². The fourth-order valence-electron chi connectivity index (χ4n) is 1.06. The van der Waals surface area contributed by atoms with Gasteiger partial charge >= 0.3 is 6.83 Å². The van der Waals surface area contributed by atoms with Crippen LogP contribution in [0.25, 0.3) is 0 Å². The van der Waals surface area contributed by atoms with Crippen molar-refractivity contribution >= 4 is 18.3 Å². The van der Waals surface area contributed by atoms with Gasteiger partial charge in [0.1, 0.15) is 0 Å². The van der Waals surface area contributed by atoms with Crippen LogP contribution in [-0.2, 0) is 0 Å². The lowest BCUT2D eigenvalue weighted by Gasteiger charge is -2.05. The van der Waals surface area contributed by atoms with E-state index in [9.17, 15) is 0 Å². The minimum atomic E-state index is 1.47. The van der Waals surface area contributed by atoms with Gasteiger partial charge in [0.25, 0.3) is 0 Å². The lowest BCUT2D eigenvalue weighted by atomic mass is 10.0. The quantitative estimate of drug-likeness (QED) is 0.553. The van der Waals surface area contributed by atoms with Crippen molar-refractivity contribution in [2.75, 3.05) is 14.1 Å². The van der Waals surface area contributed by atoms with E-state index in [1.165, 1.54) is 45.4 Å². The molecular weight excluding hydrogens is 156 g/mol. The molecule has 0 aromatic rings. The van der Waals surface area contributed by atoms with Gasteiger partial charge in [-0.15, -0.1) is 0 Å². The first-order chi connectivity index (χ1) is 5.27. The molecule has 0 N–H and O–H groups in total. The third-order valence-electron chi connectivity index (χ3n) is 1.70. The predicted octanol–water partition coefficient (Wildman–Crippen LogP) is 2.66. The van der Waals surface area contributed by atoms with E-state index in [1.54, 1.807) is 4.81 Å². The molecule has 0 heterocycles. The zero-order valence-corrected chi connectivity index (χ0v) is 8.40. The smallest absolute Gasteiger partial charge is 0.334 e. The first-order valence-electron chi connectivity index (χ1n) is 4.37. The van der Waals surface area contributed by atoms with Crippen LogP contribution in [0.15, 0.2) is 0 Å². The maximum absolute atomic E-state index is 5.14. The Morgan fingerprint density at radius 1 is 0.909 bits per heavy atom. The molecule has 0 aromatic carbocycles. The van der Waals surface area contributed by atoms with E-state index in [-0.39, 0.29) is 0 Å². The van der Waals surface area contributed by atoms with Gasteiger partial charge in [0, 0.05) is 0 Å². The fourth-order valence-corrected chi connectivity index (χ4v) is 1.06. The summed E-state index contributed by atoms with van der Waals surface area (Å²) in [6.45, 7) is 1.47. The summed E-state index contributed by atoms with van der Waals surface area (Å²) in [7, 11) is 3.74. The van der Waals surface area contributed by atoms with E-state index >= 15 is 0 Å². The molecule has 0 aromatic heterocycles. The molecule has 0 amide bonds. The summed E-state index contributed by atoms with van der Waals surface area (Å²) in [5.41, 5.74) is 0. The molecule has 0 spiro atoms. The Balaban J connectivity index is 0.000000187. The second kappa shape index (κ2) is 8.41. The van der Waals surface area contributed by atoms with Crippen LogP contribution in [-0.4, -0.2) is 25.7 Å². The van der Waals surface area contributed by atoms with Crippen molar-refractivity contribution in [3.05, 3.63) is 0 Å². The fraction of sp³-hybridized carbons (Fsp3) is 1.00. The Morgan fingerprint density at radius 3 is 1.18 bits per heavy atom. The molecule has 1 rings (SSSR count). The van der Waals surface area contributed by atoms with Crippen LogP contribution in [0.2, 0.25) is 0 Å². The second-order valence-corrected chi connectivity index (χ2v) is 3.38. The molecular formula is C8H18BClN. The lowest BCUT2D eigenvalue weighted by molar-refractivity contribution is 0.504. The Labute approximate surface area is 76.3 Å². The van der Waals surface area contributed by atoms with Gasteiger partial charge in [-0.05, 0) is 14.1 Å². The molecule has 1 saturated carbocycles. The van der Waals surface area contributed by atoms with E-state index in [0.29, 0.717) is 0 Å². The standard InChI is InChI=1S/C6H12.C2H6BClN/c1-2-4-6-5-3-1;1-5(2)3-4/h1-6H2;1-2H3. The number of hydrogen-bond acceptors (Lipinski definition) is 1. The summed E-state index contributed by atoms with van der Waals surface area (Å²) in [6.07, 6.45) is 9.00. The number of hydrogen-bond donors (Lipinski definition) is 0. The van der Waals surface area contributed by atoms with Crippen molar-refractivity contribution in [1.29, 1.82) is 0 Å². The molecule has 0 aliphatic heterocycles. The van der Waals surface area contributed by atoms with E-state index < -0.39 is 0 Å². The van der Waals surface area contributed by atoms with E-state index in [0.717, 1.165) is 0 Å². The van der Waals surface area contributed by atoms with Crippen molar-refractivity contribution in [3.8, 4) is 0 Å². The highest BCUT2D eigenvalue weighted by Crippen LogP contribution is 2.15. The molecule has 0 unspecified atom stereocenters. The van der Waals surface area contributed by atoms with Crippen molar-refractivity contribution in [2.45, 2.75) is 38.5 Å². The monoisotopic (exact) mass is 174 g/mol. The normalized spacial score (nSPS) is 17.1. The molecule has 0 saturated heterocycles. The Hall–Kier alpha value is 0.315. The zero-order valence-electron chi connectivity index (χ0n) is 7.65. The second-order valence-electron chi connectivity index (χ2n) is 3.18. The molecule has 65 valence electrons. The number of rotatable bonds is 1. The molecule has 3 heteroatoms. The minimum Gasteiger partial charge on any atom is -0.338 e. The van der Waals surface area contributed by atoms with Crippen LogP contribution in [0.1, 0.15) is 38.5 Å². The van der Waals surface area contributed by atoms with Gasteiger partial charge in [-0.1, -0.05) is 38.5 Å². The Kier molecular flexibility index (Phi) is 8.65. The summed E-state index contributed by atoms with van der Waals surface area (Å²) in [5.74, 6) is 0. The minimum absolute atomic E-state index is 1.47. The summed E-state index contributed by atoms with van der Waals surface area (Å²) in [5, 5.41) is 0. The third-order valence-corrected chi connectivity index (χ3v) is 2.09. The van der Waals surface area contributed by atoms with Gasteiger partial charge in [-0.25, -0.2) is 0 Å². The topological polar surface area (TPSA) is 3.24 Å². The Bertz CT molecular complexity index is 63.0. The molecule has 1 fully saturated rings. The first-order valence-corrected chi connectivity index (χ1v) is 4.81.